The van der Waals surface area contributed by atoms with Crippen LogP contribution in [0.25, 0.3) is 11.0 Å². The molecule has 1 aromatic heterocycles. The van der Waals surface area contributed by atoms with E-state index in [-0.39, 0.29) is 6.61 Å². The summed E-state index contributed by atoms with van der Waals surface area (Å²) in [5.41, 5.74) is 0.794. The van der Waals surface area contributed by atoms with Crippen LogP contribution in [0.4, 0.5) is 0 Å². The van der Waals surface area contributed by atoms with Crippen LogP contribution in [0.3, 0.4) is 0 Å². The first-order valence-electron chi connectivity index (χ1n) is 10.2. The van der Waals surface area contributed by atoms with Crippen molar-refractivity contribution < 1.29 is 19.1 Å². The number of hydrogen-bond donors (Lipinski definition) is 0. The van der Waals surface area contributed by atoms with Gasteiger partial charge in [-0.05, 0) is 42.8 Å². The summed E-state index contributed by atoms with van der Waals surface area (Å²) in [7, 11) is 0. The minimum atomic E-state index is -0.417. The van der Waals surface area contributed by atoms with Crippen molar-refractivity contribution in [1.29, 1.82) is 0 Å². The highest BCUT2D eigenvalue weighted by Crippen LogP contribution is 2.18. The third-order valence-electron chi connectivity index (χ3n) is 4.68. The van der Waals surface area contributed by atoms with E-state index in [2.05, 4.69) is 12.1 Å². The van der Waals surface area contributed by atoms with Gasteiger partial charge in [0.2, 0.25) is 11.0 Å². The molecule has 0 amide bonds. The SMILES string of the molecule is CCCCCCCCOc1ccc(OCC(=O)n2n[n+]([O-])c3ccccc32)cc1. The highest BCUT2D eigenvalue weighted by atomic mass is 16.5. The molecule has 0 bridgehead atoms. The van der Waals surface area contributed by atoms with Crippen LogP contribution in [0.15, 0.2) is 48.5 Å². The topological polar surface area (TPSA) is 80.3 Å². The van der Waals surface area contributed by atoms with Gasteiger partial charge in [0.1, 0.15) is 16.7 Å². The Balaban J connectivity index is 1.44. The van der Waals surface area contributed by atoms with E-state index in [1.54, 1.807) is 36.4 Å². The van der Waals surface area contributed by atoms with E-state index in [0.29, 0.717) is 28.2 Å². The number of carbonyl (C=O) groups excluding carboxylic acids is 1. The summed E-state index contributed by atoms with van der Waals surface area (Å²) in [4.78, 5) is 12.8. The van der Waals surface area contributed by atoms with Gasteiger partial charge in [0, 0.05) is 0 Å². The van der Waals surface area contributed by atoms with Crippen LogP contribution in [0.5, 0.6) is 11.5 Å². The van der Waals surface area contributed by atoms with Gasteiger partial charge in [-0.3, -0.25) is 0 Å². The number of ether oxygens (including phenoxy) is 2. The number of para-hydroxylation sites is 2. The number of unbranched alkanes of at least 4 members (excludes halogenated alkanes) is 5. The van der Waals surface area contributed by atoms with Crippen molar-refractivity contribution in [3.63, 3.8) is 0 Å². The summed E-state index contributed by atoms with van der Waals surface area (Å²) in [6.07, 6.45) is 7.36. The summed E-state index contributed by atoms with van der Waals surface area (Å²) < 4.78 is 12.3. The van der Waals surface area contributed by atoms with Gasteiger partial charge in [-0.25, -0.2) is 4.79 Å². The largest absolute Gasteiger partial charge is 0.691 e. The van der Waals surface area contributed by atoms with Gasteiger partial charge in [-0.2, -0.15) is 0 Å². The number of carbonyl (C=O) groups is 1. The molecular formula is C22H27N3O4. The van der Waals surface area contributed by atoms with Crippen LogP contribution >= 0.6 is 0 Å². The molecule has 0 saturated heterocycles. The van der Waals surface area contributed by atoms with Gasteiger partial charge in [0.25, 0.3) is 0 Å². The first-order valence-corrected chi connectivity index (χ1v) is 10.2. The van der Waals surface area contributed by atoms with Crippen LogP contribution in [0.1, 0.15) is 50.2 Å². The van der Waals surface area contributed by atoms with Crippen LogP contribution in [-0.4, -0.2) is 29.0 Å². The lowest BCUT2D eigenvalue weighted by Gasteiger charge is -2.08. The number of hydrogen-bond acceptors (Lipinski definition) is 5. The molecule has 7 nitrogen and oxygen atoms in total. The Kier molecular flexibility index (Phi) is 7.44. The van der Waals surface area contributed by atoms with Crippen molar-refractivity contribution in [3.8, 4) is 11.5 Å². The highest BCUT2D eigenvalue weighted by Gasteiger charge is 2.21. The van der Waals surface area contributed by atoms with E-state index < -0.39 is 5.91 Å². The second-order valence-corrected chi connectivity index (χ2v) is 6.93. The average Bonchev–Trinajstić information content (AvgIpc) is 3.09. The summed E-state index contributed by atoms with van der Waals surface area (Å²) >= 11 is 0. The van der Waals surface area contributed by atoms with Gasteiger partial charge in [-0.1, -0.05) is 55.8 Å². The average molecular weight is 397 g/mol. The number of fused-ring (bicyclic) bond motifs is 1. The molecule has 0 saturated carbocycles. The van der Waals surface area contributed by atoms with Gasteiger partial charge < -0.3 is 14.7 Å². The summed E-state index contributed by atoms with van der Waals surface area (Å²) in [6, 6.07) is 13.9. The first kappa shape index (κ1) is 20.6. The second kappa shape index (κ2) is 10.5. The molecule has 0 aliphatic carbocycles. The maximum absolute atomic E-state index is 12.4. The van der Waals surface area contributed by atoms with E-state index in [0.717, 1.165) is 16.9 Å². The Morgan fingerprint density at radius 3 is 2.38 bits per heavy atom. The minimum absolute atomic E-state index is 0.219. The Labute approximate surface area is 170 Å². The fourth-order valence-electron chi connectivity index (χ4n) is 3.08. The van der Waals surface area contributed by atoms with Gasteiger partial charge in [-0.15, -0.1) is 4.85 Å². The van der Waals surface area contributed by atoms with E-state index in [1.807, 2.05) is 12.1 Å². The molecule has 0 unspecified atom stereocenters. The molecular weight excluding hydrogens is 370 g/mol. The maximum atomic E-state index is 12.4. The number of rotatable bonds is 11. The van der Waals surface area contributed by atoms with E-state index >= 15 is 0 Å². The summed E-state index contributed by atoms with van der Waals surface area (Å²) in [6.45, 7) is 2.70. The molecule has 0 aliphatic heterocycles. The van der Waals surface area contributed by atoms with Crippen molar-refractivity contribution in [2.45, 2.75) is 45.4 Å². The molecule has 0 atom stereocenters. The molecule has 7 heteroatoms. The standard InChI is InChI=1S/C22H27N3O4/c1-2-3-4-5-6-9-16-28-18-12-14-19(15-13-18)29-17-22(26)24-20-10-7-8-11-21(20)25(27)23-24/h7-8,10-15H,2-6,9,16-17H2,1H3. The Morgan fingerprint density at radius 2 is 1.62 bits per heavy atom. The molecule has 1 heterocycles. The van der Waals surface area contributed by atoms with Crippen molar-refractivity contribution >= 4 is 16.9 Å². The van der Waals surface area contributed by atoms with Crippen LogP contribution in [-0.2, 0) is 0 Å². The van der Waals surface area contributed by atoms with E-state index in [9.17, 15) is 10.0 Å². The molecule has 0 aliphatic rings. The smallest absolute Gasteiger partial charge is 0.372 e. The zero-order valence-corrected chi connectivity index (χ0v) is 16.8. The van der Waals surface area contributed by atoms with Crippen molar-refractivity contribution in [2.24, 2.45) is 0 Å². The lowest BCUT2D eigenvalue weighted by Crippen LogP contribution is -2.32. The number of aromatic nitrogens is 3. The summed E-state index contributed by atoms with van der Waals surface area (Å²) in [5.74, 6) is 0.915. The van der Waals surface area contributed by atoms with Crippen LogP contribution in [0, 0.1) is 5.21 Å². The second-order valence-electron chi connectivity index (χ2n) is 6.93. The van der Waals surface area contributed by atoms with Crippen molar-refractivity contribution in [2.75, 3.05) is 13.2 Å². The molecule has 154 valence electrons. The molecule has 0 fully saturated rings. The third kappa shape index (κ3) is 5.70. The van der Waals surface area contributed by atoms with Crippen LogP contribution in [0.2, 0.25) is 0 Å². The molecule has 3 aromatic rings. The van der Waals surface area contributed by atoms with Gasteiger partial charge >= 0.3 is 5.91 Å². The fourth-order valence-corrected chi connectivity index (χ4v) is 3.08. The first-order chi connectivity index (χ1) is 14.2. The number of nitrogens with zero attached hydrogens (tertiary/aromatic N) is 3. The van der Waals surface area contributed by atoms with Crippen LogP contribution < -0.4 is 14.3 Å². The highest BCUT2D eigenvalue weighted by molar-refractivity contribution is 5.88. The Hall–Kier alpha value is -3.09. The molecule has 29 heavy (non-hydrogen) atoms. The Morgan fingerprint density at radius 1 is 0.966 bits per heavy atom. The predicted octanol–water partition coefficient (Wildman–Crippen LogP) is 4.13. The third-order valence-corrected chi connectivity index (χ3v) is 4.68. The maximum Gasteiger partial charge on any atom is 0.372 e. The zero-order chi connectivity index (χ0) is 20.5. The van der Waals surface area contributed by atoms with Gasteiger partial charge in [0.15, 0.2) is 6.61 Å². The fraction of sp³-hybridized carbons (Fsp3) is 0.409. The quantitative estimate of drug-likeness (QED) is 0.276. The van der Waals surface area contributed by atoms with E-state index in [4.69, 9.17) is 9.47 Å². The van der Waals surface area contributed by atoms with E-state index in [1.165, 1.54) is 32.1 Å². The molecule has 0 spiro atoms. The van der Waals surface area contributed by atoms with Crippen molar-refractivity contribution in [1.82, 2.24) is 9.90 Å². The zero-order valence-electron chi connectivity index (χ0n) is 16.8. The molecule has 0 N–H and O–H groups in total. The monoisotopic (exact) mass is 397 g/mol. The Bertz CT molecular complexity index is 921. The van der Waals surface area contributed by atoms with Gasteiger partial charge in [0.05, 0.1) is 6.61 Å². The number of benzene rings is 2. The van der Waals surface area contributed by atoms with Crippen molar-refractivity contribution in [3.05, 3.63) is 53.7 Å². The summed E-state index contributed by atoms with van der Waals surface area (Å²) in [5, 5.41) is 15.5. The lowest BCUT2D eigenvalue weighted by molar-refractivity contribution is -0.645. The predicted molar refractivity (Wildman–Crippen MR) is 110 cm³/mol. The minimum Gasteiger partial charge on any atom is -0.691 e. The lowest BCUT2D eigenvalue weighted by atomic mass is 10.1. The molecule has 2 aromatic carbocycles. The normalized spacial score (nSPS) is 10.9. The molecule has 3 rings (SSSR count). The molecule has 0 radical (unpaired) electrons.